The number of rotatable bonds is 4. The van der Waals surface area contributed by atoms with Gasteiger partial charge in [-0.2, -0.15) is 0 Å². The van der Waals surface area contributed by atoms with Gasteiger partial charge in [0.25, 0.3) is 0 Å². The van der Waals surface area contributed by atoms with Gasteiger partial charge in [0, 0.05) is 34.0 Å². The third-order valence-electron chi connectivity index (χ3n) is 6.25. The van der Waals surface area contributed by atoms with E-state index >= 15 is 0 Å². The van der Waals surface area contributed by atoms with Gasteiger partial charge in [-0.3, -0.25) is 4.99 Å². The van der Waals surface area contributed by atoms with Crippen LogP contribution in [0.2, 0.25) is 0 Å². The Balaban J connectivity index is 0.00000136. The number of hydrogen-bond donors (Lipinski definition) is 1. The Morgan fingerprint density at radius 1 is 1.06 bits per heavy atom. The SMILES string of the molecule is C[C@H](CN(C)C)N1c2ccccc2Sc2ccc(C3=NC4CCCCC4N3)cc21.Cl.Cl. The number of nitrogens with one attached hydrogen (secondary N) is 1. The van der Waals surface area contributed by atoms with E-state index in [2.05, 4.69) is 78.6 Å². The lowest BCUT2D eigenvalue weighted by molar-refractivity contribution is 0.380. The van der Waals surface area contributed by atoms with E-state index in [1.807, 2.05) is 11.8 Å². The number of benzene rings is 2. The molecule has 31 heavy (non-hydrogen) atoms. The van der Waals surface area contributed by atoms with Crippen molar-refractivity contribution in [2.24, 2.45) is 4.99 Å². The van der Waals surface area contributed by atoms with Crippen LogP contribution >= 0.6 is 36.6 Å². The fourth-order valence-electron chi connectivity index (χ4n) is 4.99. The molecule has 0 spiro atoms. The molecule has 1 fully saturated rings. The zero-order valence-electron chi connectivity index (χ0n) is 18.4. The van der Waals surface area contributed by atoms with E-state index in [9.17, 15) is 0 Å². The molecule has 1 aliphatic carbocycles. The van der Waals surface area contributed by atoms with E-state index in [1.165, 1.54) is 52.4 Å². The van der Waals surface area contributed by atoms with E-state index in [0.29, 0.717) is 18.1 Å². The third-order valence-corrected chi connectivity index (χ3v) is 7.38. The number of hydrogen-bond acceptors (Lipinski definition) is 5. The molecule has 7 heteroatoms. The maximum absolute atomic E-state index is 5.06. The molecular formula is C24H32Cl2N4S. The highest BCUT2D eigenvalue weighted by Crippen LogP contribution is 2.49. The van der Waals surface area contributed by atoms with Crippen LogP contribution in [0.25, 0.3) is 0 Å². The first-order valence-electron chi connectivity index (χ1n) is 10.8. The average Bonchev–Trinajstić information content (AvgIpc) is 3.15. The molecule has 168 valence electrons. The molecule has 2 unspecified atom stereocenters. The summed E-state index contributed by atoms with van der Waals surface area (Å²) in [6.45, 7) is 3.33. The van der Waals surface area contributed by atoms with Crippen LogP contribution in [0, 0.1) is 0 Å². The van der Waals surface area contributed by atoms with Crippen molar-refractivity contribution in [2.45, 2.75) is 60.5 Å². The van der Waals surface area contributed by atoms with E-state index in [4.69, 9.17) is 4.99 Å². The molecule has 2 aromatic carbocycles. The monoisotopic (exact) mass is 478 g/mol. The number of nitrogens with zero attached hydrogens (tertiary/aromatic N) is 3. The lowest BCUT2D eigenvalue weighted by atomic mass is 9.92. The highest BCUT2D eigenvalue weighted by molar-refractivity contribution is 7.99. The number of anilines is 2. The minimum absolute atomic E-state index is 0. The first kappa shape index (κ1) is 24.2. The van der Waals surface area contributed by atoms with Gasteiger partial charge >= 0.3 is 0 Å². The van der Waals surface area contributed by atoms with Gasteiger partial charge in [-0.1, -0.05) is 42.8 Å². The molecular weight excluding hydrogens is 447 g/mol. The minimum Gasteiger partial charge on any atom is -0.365 e. The summed E-state index contributed by atoms with van der Waals surface area (Å²) in [6.07, 6.45) is 5.11. The van der Waals surface area contributed by atoms with Gasteiger partial charge in [-0.15, -0.1) is 24.8 Å². The molecule has 0 aromatic heterocycles. The predicted octanol–water partition coefficient (Wildman–Crippen LogP) is 5.74. The number of fused-ring (bicyclic) bond motifs is 3. The fraction of sp³-hybridized carbons (Fsp3) is 0.458. The van der Waals surface area contributed by atoms with Crippen molar-refractivity contribution in [3.63, 3.8) is 0 Å². The molecule has 2 aliphatic heterocycles. The molecule has 0 bridgehead atoms. The number of likely N-dealkylation sites (N-methyl/N-ethyl adjacent to an activating group) is 1. The van der Waals surface area contributed by atoms with E-state index in [-0.39, 0.29) is 24.8 Å². The quantitative estimate of drug-likeness (QED) is 0.606. The van der Waals surface area contributed by atoms with Crippen molar-refractivity contribution < 1.29 is 0 Å². The van der Waals surface area contributed by atoms with Crippen LogP contribution < -0.4 is 10.2 Å². The van der Waals surface area contributed by atoms with Crippen molar-refractivity contribution in [3.8, 4) is 0 Å². The molecule has 1 saturated carbocycles. The van der Waals surface area contributed by atoms with Gasteiger partial charge in [0.2, 0.25) is 0 Å². The summed E-state index contributed by atoms with van der Waals surface area (Å²) < 4.78 is 0. The summed E-state index contributed by atoms with van der Waals surface area (Å²) in [5.74, 6) is 1.09. The number of aliphatic imine (C=N–C) groups is 1. The summed E-state index contributed by atoms with van der Waals surface area (Å²) in [4.78, 5) is 12.5. The summed E-state index contributed by atoms with van der Waals surface area (Å²) in [7, 11) is 4.30. The molecule has 2 heterocycles. The first-order valence-corrected chi connectivity index (χ1v) is 11.6. The zero-order chi connectivity index (χ0) is 20.0. The molecule has 4 nitrogen and oxygen atoms in total. The highest BCUT2D eigenvalue weighted by Gasteiger charge is 2.32. The lowest BCUT2D eigenvalue weighted by Crippen LogP contribution is -2.39. The molecule has 3 atom stereocenters. The second kappa shape index (κ2) is 10.0. The standard InChI is InChI=1S/C24H30N4S.2ClH/c1-16(15-27(2)3)28-20-10-6-7-11-22(20)29-23-13-12-17(14-21(23)28)24-25-18-8-4-5-9-19(18)26-24;;/h6-7,10-14,16,18-19H,4-5,8-9,15H2,1-3H3,(H,25,26);2*1H/t16-,18?,19?;;/m1../s1. The van der Waals surface area contributed by atoms with Crippen LogP contribution in [0.15, 0.2) is 57.2 Å². The largest absolute Gasteiger partial charge is 0.365 e. The summed E-state index contributed by atoms with van der Waals surface area (Å²) in [5, 5.41) is 3.73. The van der Waals surface area contributed by atoms with Gasteiger partial charge in [0.1, 0.15) is 5.84 Å². The molecule has 0 radical (unpaired) electrons. The maximum atomic E-state index is 5.06. The molecule has 3 aliphatic rings. The Hall–Kier alpha value is -1.40. The minimum atomic E-state index is 0. The second-order valence-corrected chi connectivity index (χ2v) is 9.90. The Kier molecular flexibility index (Phi) is 7.85. The first-order chi connectivity index (χ1) is 14.1. The summed E-state index contributed by atoms with van der Waals surface area (Å²) >= 11 is 1.88. The highest BCUT2D eigenvalue weighted by atomic mass is 35.5. The molecule has 2 aromatic rings. The normalized spacial score (nSPS) is 22.2. The van der Waals surface area contributed by atoms with Crippen LogP contribution in [-0.4, -0.2) is 49.5 Å². The smallest absolute Gasteiger partial charge is 0.128 e. The average molecular weight is 480 g/mol. The summed E-state index contributed by atoms with van der Waals surface area (Å²) in [6, 6.07) is 17.0. The number of halogens is 2. The van der Waals surface area contributed by atoms with Crippen molar-refractivity contribution in [1.82, 2.24) is 10.2 Å². The van der Waals surface area contributed by atoms with Crippen LogP contribution in [0.1, 0.15) is 38.2 Å². The Morgan fingerprint density at radius 3 is 2.58 bits per heavy atom. The van der Waals surface area contributed by atoms with E-state index in [0.717, 1.165) is 12.4 Å². The van der Waals surface area contributed by atoms with E-state index < -0.39 is 0 Å². The molecule has 0 amide bonds. The van der Waals surface area contributed by atoms with Crippen LogP contribution in [-0.2, 0) is 0 Å². The van der Waals surface area contributed by atoms with Crippen LogP contribution in [0.3, 0.4) is 0 Å². The Bertz CT molecular complexity index is 949. The van der Waals surface area contributed by atoms with Gasteiger partial charge in [0.05, 0.1) is 17.4 Å². The van der Waals surface area contributed by atoms with Crippen molar-refractivity contribution in [3.05, 3.63) is 48.0 Å². The van der Waals surface area contributed by atoms with E-state index in [1.54, 1.807) is 0 Å². The number of para-hydroxylation sites is 1. The zero-order valence-corrected chi connectivity index (χ0v) is 20.8. The van der Waals surface area contributed by atoms with Gasteiger partial charge in [0.15, 0.2) is 0 Å². The summed E-state index contributed by atoms with van der Waals surface area (Å²) in [5.41, 5.74) is 3.84. The van der Waals surface area contributed by atoms with Crippen molar-refractivity contribution in [1.29, 1.82) is 0 Å². The Morgan fingerprint density at radius 2 is 1.81 bits per heavy atom. The van der Waals surface area contributed by atoms with Crippen molar-refractivity contribution >= 4 is 53.8 Å². The predicted molar refractivity (Wildman–Crippen MR) is 137 cm³/mol. The van der Waals surface area contributed by atoms with Crippen LogP contribution in [0.5, 0.6) is 0 Å². The van der Waals surface area contributed by atoms with Gasteiger partial charge in [-0.25, -0.2) is 0 Å². The molecule has 1 N–H and O–H groups in total. The number of amidine groups is 1. The Labute approximate surface area is 202 Å². The van der Waals surface area contributed by atoms with Gasteiger partial charge in [-0.05, 0) is 58.1 Å². The topological polar surface area (TPSA) is 30.9 Å². The van der Waals surface area contributed by atoms with Crippen molar-refractivity contribution in [2.75, 3.05) is 25.5 Å². The lowest BCUT2D eigenvalue weighted by Gasteiger charge is -2.38. The second-order valence-electron chi connectivity index (χ2n) is 8.81. The molecule has 0 saturated heterocycles. The molecule has 5 rings (SSSR count). The maximum Gasteiger partial charge on any atom is 0.128 e. The third kappa shape index (κ3) is 4.70. The fourth-order valence-corrected chi connectivity index (χ4v) is 6.04. The van der Waals surface area contributed by atoms with Crippen LogP contribution in [0.4, 0.5) is 11.4 Å². The van der Waals surface area contributed by atoms with Gasteiger partial charge < -0.3 is 15.1 Å².